The highest BCUT2D eigenvalue weighted by molar-refractivity contribution is 7.11. The van der Waals surface area contributed by atoms with Gasteiger partial charge in [-0.05, 0) is 23.3 Å². The maximum atomic E-state index is 12.2. The Labute approximate surface area is 138 Å². The van der Waals surface area contributed by atoms with Gasteiger partial charge in [0.15, 0.2) is 0 Å². The van der Waals surface area contributed by atoms with Gasteiger partial charge < -0.3 is 10.4 Å². The lowest BCUT2D eigenvalue weighted by Crippen LogP contribution is -2.22. The summed E-state index contributed by atoms with van der Waals surface area (Å²) in [5.41, 5.74) is 4.16. The second kappa shape index (κ2) is 5.56. The van der Waals surface area contributed by atoms with Crippen molar-refractivity contribution in [3.63, 3.8) is 0 Å². The molecule has 3 nitrogen and oxygen atoms in total. The summed E-state index contributed by atoms with van der Waals surface area (Å²) in [6.45, 7) is 0. The monoisotopic (exact) mass is 321 g/mol. The topological polar surface area (TPSA) is 49.3 Å². The molecule has 1 amide bonds. The number of thiophene rings is 1. The minimum Gasteiger partial charge on any atom is -0.508 e. The molecule has 1 atom stereocenters. The van der Waals surface area contributed by atoms with Crippen LogP contribution in [0.3, 0.4) is 0 Å². The lowest BCUT2D eigenvalue weighted by molar-refractivity contribution is -0.116. The number of hydrogen-bond acceptors (Lipinski definition) is 3. The lowest BCUT2D eigenvalue weighted by atomic mass is 9.89. The van der Waals surface area contributed by atoms with E-state index in [2.05, 4.69) is 22.8 Å². The van der Waals surface area contributed by atoms with Crippen LogP contribution < -0.4 is 5.32 Å². The third kappa shape index (κ3) is 2.51. The van der Waals surface area contributed by atoms with Gasteiger partial charge in [-0.1, -0.05) is 42.5 Å². The number of benzene rings is 2. The number of carbonyl (C=O) groups excluding carboxylic acids is 1. The summed E-state index contributed by atoms with van der Waals surface area (Å²) in [7, 11) is 0. The predicted octanol–water partition coefficient (Wildman–Crippen LogP) is 4.59. The Balaban J connectivity index is 1.81. The largest absolute Gasteiger partial charge is 0.508 e. The van der Waals surface area contributed by atoms with Gasteiger partial charge in [0.1, 0.15) is 5.75 Å². The summed E-state index contributed by atoms with van der Waals surface area (Å²) < 4.78 is 0. The maximum Gasteiger partial charge on any atom is 0.225 e. The van der Waals surface area contributed by atoms with Crippen molar-refractivity contribution in [2.75, 3.05) is 5.32 Å². The molecule has 1 aromatic heterocycles. The first-order chi connectivity index (χ1) is 11.2. The normalized spacial score (nSPS) is 16.7. The van der Waals surface area contributed by atoms with E-state index < -0.39 is 0 Å². The van der Waals surface area contributed by atoms with E-state index in [1.807, 2.05) is 30.3 Å². The molecule has 114 valence electrons. The van der Waals surface area contributed by atoms with Crippen molar-refractivity contribution in [2.45, 2.75) is 12.3 Å². The van der Waals surface area contributed by atoms with E-state index in [1.165, 1.54) is 4.88 Å². The zero-order valence-electron chi connectivity index (χ0n) is 12.3. The molecule has 0 radical (unpaired) electrons. The van der Waals surface area contributed by atoms with Gasteiger partial charge in [0, 0.05) is 28.2 Å². The van der Waals surface area contributed by atoms with Crippen molar-refractivity contribution >= 4 is 22.9 Å². The first-order valence-electron chi connectivity index (χ1n) is 7.48. The average molecular weight is 321 g/mol. The van der Waals surface area contributed by atoms with Gasteiger partial charge in [-0.15, -0.1) is 11.3 Å². The number of carbonyl (C=O) groups is 1. The molecule has 0 fully saturated rings. The highest BCUT2D eigenvalue weighted by Crippen LogP contribution is 2.46. The van der Waals surface area contributed by atoms with Crippen molar-refractivity contribution in [1.82, 2.24) is 0 Å². The van der Waals surface area contributed by atoms with Crippen LogP contribution in [0.1, 0.15) is 22.8 Å². The number of amides is 1. The minimum atomic E-state index is 0.0335. The second-order valence-electron chi connectivity index (χ2n) is 5.65. The summed E-state index contributed by atoms with van der Waals surface area (Å²) >= 11 is 1.68. The van der Waals surface area contributed by atoms with E-state index in [4.69, 9.17) is 0 Å². The number of nitrogens with one attached hydrogen (secondary N) is 1. The molecule has 0 saturated heterocycles. The van der Waals surface area contributed by atoms with E-state index in [-0.39, 0.29) is 17.6 Å². The third-order valence-corrected chi connectivity index (χ3v) is 5.27. The smallest absolute Gasteiger partial charge is 0.225 e. The predicted molar refractivity (Wildman–Crippen MR) is 93.0 cm³/mol. The molecule has 3 aromatic rings. The van der Waals surface area contributed by atoms with Crippen LogP contribution in [-0.4, -0.2) is 11.0 Å². The molecule has 2 aromatic carbocycles. The van der Waals surface area contributed by atoms with Gasteiger partial charge in [-0.3, -0.25) is 4.79 Å². The Bertz CT molecular complexity index is 853. The number of anilines is 1. The van der Waals surface area contributed by atoms with Crippen LogP contribution in [0.5, 0.6) is 5.75 Å². The maximum absolute atomic E-state index is 12.2. The third-order valence-electron chi connectivity index (χ3n) is 4.17. The van der Waals surface area contributed by atoms with Gasteiger partial charge >= 0.3 is 0 Å². The Kier molecular flexibility index (Phi) is 3.39. The fourth-order valence-corrected chi connectivity index (χ4v) is 4.19. The van der Waals surface area contributed by atoms with Crippen LogP contribution in [0, 0.1) is 0 Å². The number of aromatic hydroxyl groups is 1. The van der Waals surface area contributed by atoms with Gasteiger partial charge in [0.05, 0.1) is 5.69 Å². The molecule has 0 spiro atoms. The molecule has 23 heavy (non-hydrogen) atoms. The van der Waals surface area contributed by atoms with Gasteiger partial charge in [-0.25, -0.2) is 0 Å². The summed E-state index contributed by atoms with van der Waals surface area (Å²) in [5, 5.41) is 14.6. The molecule has 1 aliphatic rings. The highest BCUT2D eigenvalue weighted by atomic mass is 32.1. The number of phenols is 1. The van der Waals surface area contributed by atoms with Crippen LogP contribution >= 0.6 is 11.3 Å². The minimum absolute atomic E-state index is 0.0335. The molecule has 0 bridgehead atoms. The van der Waals surface area contributed by atoms with Crippen molar-refractivity contribution in [3.8, 4) is 16.9 Å². The van der Waals surface area contributed by atoms with Crippen LogP contribution in [0.15, 0.2) is 60.0 Å². The summed E-state index contributed by atoms with van der Waals surface area (Å²) in [5.74, 6) is 0.318. The van der Waals surface area contributed by atoms with Crippen molar-refractivity contribution in [1.29, 1.82) is 0 Å². The number of rotatable bonds is 2. The number of fused-ring (bicyclic) bond motifs is 1. The Hall–Kier alpha value is -2.59. The quantitative estimate of drug-likeness (QED) is 0.725. The highest BCUT2D eigenvalue weighted by Gasteiger charge is 2.30. The fourth-order valence-electron chi connectivity index (χ4n) is 3.03. The Morgan fingerprint density at radius 2 is 1.78 bits per heavy atom. The van der Waals surface area contributed by atoms with Crippen molar-refractivity contribution in [3.05, 3.63) is 70.4 Å². The standard InChI is InChI=1S/C19H15NO2S/c21-14-8-6-13(7-9-14)15-10-17(22)20-18-16(11-23-19(15)18)12-4-2-1-3-5-12/h1-9,11,15,21H,10H2,(H,20,22). The first-order valence-corrected chi connectivity index (χ1v) is 8.36. The number of hydrogen-bond donors (Lipinski definition) is 2. The van der Waals surface area contributed by atoms with E-state index in [9.17, 15) is 9.90 Å². The van der Waals surface area contributed by atoms with Gasteiger partial charge in [0.25, 0.3) is 0 Å². The molecule has 0 saturated carbocycles. The van der Waals surface area contributed by atoms with Gasteiger partial charge in [-0.2, -0.15) is 0 Å². The fraction of sp³-hybridized carbons (Fsp3) is 0.105. The molecule has 4 rings (SSSR count). The molecule has 0 aliphatic carbocycles. The van der Waals surface area contributed by atoms with Crippen molar-refractivity contribution < 1.29 is 9.90 Å². The first kappa shape index (κ1) is 14.0. The van der Waals surface area contributed by atoms with Gasteiger partial charge in [0.2, 0.25) is 5.91 Å². The van der Waals surface area contributed by atoms with E-state index >= 15 is 0 Å². The van der Waals surface area contributed by atoms with E-state index in [0.29, 0.717) is 6.42 Å². The second-order valence-corrected chi connectivity index (χ2v) is 6.56. The molecule has 1 unspecified atom stereocenters. The molecular formula is C19H15NO2S. The van der Waals surface area contributed by atoms with Crippen LogP contribution in [-0.2, 0) is 4.79 Å². The molecule has 1 aliphatic heterocycles. The van der Waals surface area contributed by atoms with E-state index in [1.54, 1.807) is 23.5 Å². The summed E-state index contributed by atoms with van der Waals surface area (Å²) in [6.07, 6.45) is 0.437. The molecule has 4 heteroatoms. The lowest BCUT2D eigenvalue weighted by Gasteiger charge is -2.24. The van der Waals surface area contributed by atoms with Crippen molar-refractivity contribution in [2.24, 2.45) is 0 Å². The van der Waals surface area contributed by atoms with E-state index in [0.717, 1.165) is 22.4 Å². The summed E-state index contributed by atoms with van der Waals surface area (Å²) in [4.78, 5) is 13.4. The van der Waals surface area contributed by atoms with Crippen LogP contribution in [0.4, 0.5) is 5.69 Å². The average Bonchev–Trinajstić information content (AvgIpc) is 2.99. The molecule has 2 N–H and O–H groups in total. The SMILES string of the molecule is O=C1CC(c2ccc(O)cc2)c2scc(-c3ccccc3)c2N1. The molecule has 2 heterocycles. The molecular weight excluding hydrogens is 306 g/mol. The zero-order valence-corrected chi connectivity index (χ0v) is 13.1. The summed E-state index contributed by atoms with van der Waals surface area (Å²) in [6, 6.07) is 17.2. The Morgan fingerprint density at radius 1 is 1.04 bits per heavy atom. The zero-order chi connectivity index (χ0) is 15.8. The number of phenolic OH excluding ortho intramolecular Hbond substituents is 1. The van der Waals surface area contributed by atoms with Crippen LogP contribution in [0.25, 0.3) is 11.1 Å². The Morgan fingerprint density at radius 3 is 2.52 bits per heavy atom. The van der Waals surface area contributed by atoms with Crippen LogP contribution in [0.2, 0.25) is 0 Å².